The van der Waals surface area contributed by atoms with E-state index < -0.39 is 23.8 Å². The maximum absolute atomic E-state index is 11.2. The number of carboxylic acids is 1. The van der Waals surface area contributed by atoms with Crippen molar-refractivity contribution in [3.05, 3.63) is 24.8 Å². The molecule has 0 aromatic heterocycles. The molecular formula is C11H16CaO5. The van der Waals surface area contributed by atoms with Crippen molar-refractivity contribution in [2.24, 2.45) is 5.92 Å². The van der Waals surface area contributed by atoms with Gasteiger partial charge in [0.25, 0.3) is 0 Å². The van der Waals surface area contributed by atoms with E-state index in [4.69, 9.17) is 5.11 Å². The molecule has 6 heteroatoms. The van der Waals surface area contributed by atoms with Gasteiger partial charge in [0.2, 0.25) is 0 Å². The molecule has 0 radical (unpaired) electrons. The average Bonchev–Trinajstić information content (AvgIpc) is 2.24. The largest absolute Gasteiger partial charge is 2.00 e. The monoisotopic (exact) mass is 268 g/mol. The number of aliphatic carboxylic acids is 1. The van der Waals surface area contributed by atoms with E-state index in [1.54, 1.807) is 6.92 Å². The van der Waals surface area contributed by atoms with Gasteiger partial charge in [-0.15, -0.1) is 0 Å². The number of esters is 2. The van der Waals surface area contributed by atoms with E-state index in [1.165, 1.54) is 0 Å². The quantitative estimate of drug-likeness (QED) is 0.338. The van der Waals surface area contributed by atoms with Crippen LogP contribution in [0.15, 0.2) is 24.8 Å². The summed E-state index contributed by atoms with van der Waals surface area (Å²) in [6.07, 6.45) is 1.34. The van der Waals surface area contributed by atoms with Gasteiger partial charge in [-0.1, -0.05) is 20.1 Å². The van der Waals surface area contributed by atoms with Gasteiger partial charge in [0.1, 0.15) is 0 Å². The van der Waals surface area contributed by atoms with Crippen LogP contribution in [0.5, 0.6) is 0 Å². The number of carboxylic acid groups (broad SMARTS) is 1. The van der Waals surface area contributed by atoms with E-state index in [9.17, 15) is 14.4 Å². The summed E-state index contributed by atoms with van der Waals surface area (Å²) in [6.45, 7) is 8.03. The van der Waals surface area contributed by atoms with Crippen LogP contribution < -0.4 is 0 Å². The summed E-state index contributed by atoms with van der Waals surface area (Å²) >= 11 is 0. The van der Waals surface area contributed by atoms with Gasteiger partial charge in [-0.05, 0) is 12.8 Å². The Morgan fingerprint density at radius 1 is 1.47 bits per heavy atom. The Bertz CT molecular complexity index is 344. The van der Waals surface area contributed by atoms with Crippen LogP contribution in [-0.4, -0.2) is 60.8 Å². The second-order valence-corrected chi connectivity index (χ2v) is 3.29. The zero-order chi connectivity index (χ0) is 12.7. The van der Waals surface area contributed by atoms with Crippen LogP contribution in [0.3, 0.4) is 0 Å². The molecule has 0 aromatic carbocycles. The van der Waals surface area contributed by atoms with Crippen LogP contribution in [0, 0.1) is 5.92 Å². The molecule has 0 bridgehead atoms. The van der Waals surface area contributed by atoms with Gasteiger partial charge in [0.15, 0.2) is 0 Å². The molecule has 5 nitrogen and oxygen atoms in total. The number of carbonyl (C=O) groups excluding carboxylic acids is 2. The van der Waals surface area contributed by atoms with Gasteiger partial charge in [-0.3, -0.25) is 4.79 Å². The van der Waals surface area contributed by atoms with Crippen molar-refractivity contribution in [3.63, 3.8) is 0 Å². The minimum absolute atomic E-state index is 0. The third-order valence-electron chi connectivity index (χ3n) is 1.95. The molecule has 0 fully saturated rings. The second kappa shape index (κ2) is 9.39. The fraction of sp³-hybridized carbons (Fsp3) is 0.364. The van der Waals surface area contributed by atoms with Gasteiger partial charge in [-0.25, -0.2) is 9.59 Å². The Balaban J connectivity index is -0.000000375. The summed E-state index contributed by atoms with van der Waals surface area (Å²) in [6, 6.07) is 0. The second-order valence-electron chi connectivity index (χ2n) is 3.29. The molecule has 0 rings (SSSR count). The predicted octanol–water partition coefficient (Wildman–Crippen LogP) is 1.14. The molecule has 0 spiro atoms. The number of hydrogen-bond acceptors (Lipinski definition) is 4. The van der Waals surface area contributed by atoms with E-state index in [1.807, 2.05) is 0 Å². The summed E-state index contributed by atoms with van der Waals surface area (Å²) in [7, 11) is 0. The Labute approximate surface area is 132 Å². The minimum Gasteiger partial charge on any atom is -1.00 e. The fourth-order valence-corrected chi connectivity index (χ4v) is 0.857. The Hall–Kier alpha value is -0.650. The van der Waals surface area contributed by atoms with E-state index >= 15 is 0 Å². The number of hydrogen-bond donors (Lipinski definition) is 1. The van der Waals surface area contributed by atoms with Crippen LogP contribution in [0.25, 0.3) is 0 Å². The first kappa shape index (κ1) is 18.7. The Morgan fingerprint density at radius 3 is 2.41 bits per heavy atom. The van der Waals surface area contributed by atoms with Gasteiger partial charge >= 0.3 is 55.6 Å². The van der Waals surface area contributed by atoms with Crippen LogP contribution in [0.4, 0.5) is 0 Å². The predicted molar refractivity (Wildman–Crippen MR) is 64.4 cm³/mol. The van der Waals surface area contributed by atoms with Crippen molar-refractivity contribution in [3.8, 4) is 0 Å². The molecule has 1 unspecified atom stereocenters. The zero-order valence-corrected chi connectivity index (χ0v) is 12.0. The first-order valence-electron chi connectivity index (χ1n) is 4.67. The summed E-state index contributed by atoms with van der Waals surface area (Å²) < 4.78 is 4.38. The fourth-order valence-electron chi connectivity index (χ4n) is 0.857. The standard InChI is InChI=1S/C11H14O5.Ca.2H/c1-4-9(12)16-11(15)8(3)6-5-7(2)10(13)14;;;/h4,8H,1-2,5-6H2,3H3,(H,13,14);;;/q;+2;2*-1. The normalized spacial score (nSPS) is 10.6. The Kier molecular flexibility index (Phi) is 10.3. The molecule has 1 N–H and O–H groups in total. The maximum Gasteiger partial charge on any atom is 2.00 e. The van der Waals surface area contributed by atoms with E-state index in [-0.39, 0.29) is 59.0 Å². The van der Waals surface area contributed by atoms with Crippen molar-refractivity contribution in [2.75, 3.05) is 0 Å². The van der Waals surface area contributed by atoms with Crippen molar-refractivity contribution in [2.45, 2.75) is 19.8 Å². The number of ether oxygens (including phenoxy) is 1. The number of rotatable bonds is 6. The average molecular weight is 268 g/mol. The Morgan fingerprint density at radius 2 is 2.00 bits per heavy atom. The van der Waals surface area contributed by atoms with Crippen molar-refractivity contribution in [1.82, 2.24) is 0 Å². The molecule has 0 aromatic rings. The molecule has 0 amide bonds. The smallest absolute Gasteiger partial charge is 1.00 e. The van der Waals surface area contributed by atoms with Gasteiger partial charge in [-0.2, -0.15) is 0 Å². The minimum atomic E-state index is -1.09. The zero-order valence-electron chi connectivity index (χ0n) is 11.8. The van der Waals surface area contributed by atoms with Crippen molar-refractivity contribution < 1.29 is 27.1 Å². The topological polar surface area (TPSA) is 80.7 Å². The third-order valence-corrected chi connectivity index (χ3v) is 1.95. The summed E-state index contributed by atoms with van der Waals surface area (Å²) in [5.74, 6) is -3.15. The molecule has 1 atom stereocenters. The van der Waals surface area contributed by atoms with Crippen molar-refractivity contribution in [1.29, 1.82) is 0 Å². The van der Waals surface area contributed by atoms with Gasteiger partial charge in [0.05, 0.1) is 5.92 Å². The van der Waals surface area contributed by atoms with E-state index in [0.717, 1.165) is 6.08 Å². The van der Waals surface area contributed by atoms with E-state index in [0.29, 0.717) is 0 Å². The molecule has 0 heterocycles. The molecule has 0 aliphatic heterocycles. The first-order chi connectivity index (χ1) is 7.38. The third kappa shape index (κ3) is 8.12. The van der Waals surface area contributed by atoms with Gasteiger partial charge in [0, 0.05) is 11.6 Å². The van der Waals surface area contributed by atoms with Crippen LogP contribution in [0.1, 0.15) is 22.6 Å². The van der Waals surface area contributed by atoms with Crippen LogP contribution >= 0.6 is 0 Å². The van der Waals surface area contributed by atoms with Gasteiger partial charge < -0.3 is 12.7 Å². The first-order valence-corrected chi connectivity index (χ1v) is 4.67. The molecular weight excluding hydrogens is 252 g/mol. The summed E-state index contributed by atoms with van der Waals surface area (Å²) in [5.41, 5.74) is 0.0229. The summed E-state index contributed by atoms with van der Waals surface area (Å²) in [4.78, 5) is 32.3. The van der Waals surface area contributed by atoms with Crippen molar-refractivity contribution >= 4 is 55.6 Å². The molecule has 0 saturated heterocycles. The molecule has 0 aliphatic rings. The SMILES string of the molecule is C=CC(=O)OC(=O)C(C)CCC(=C)C(=O)O.[Ca+2].[H-].[H-]. The summed E-state index contributed by atoms with van der Waals surface area (Å²) in [5, 5.41) is 8.53. The van der Waals surface area contributed by atoms with Crippen LogP contribution in [0.2, 0.25) is 0 Å². The number of carbonyl (C=O) groups is 3. The molecule has 92 valence electrons. The molecule has 0 saturated carbocycles. The maximum atomic E-state index is 11.2. The van der Waals surface area contributed by atoms with Crippen LogP contribution in [-0.2, 0) is 19.1 Å². The molecule has 17 heavy (non-hydrogen) atoms. The molecule has 0 aliphatic carbocycles. The van der Waals surface area contributed by atoms with E-state index in [2.05, 4.69) is 17.9 Å².